The van der Waals surface area contributed by atoms with E-state index in [0.717, 1.165) is 0 Å². The molecule has 0 spiro atoms. The average Bonchev–Trinajstić information content (AvgIpc) is 2.70. The largest absolute Gasteiger partial charge is 0.433 e. The minimum absolute atomic E-state index is 0.00150. The molecule has 2 aromatic rings. The predicted molar refractivity (Wildman–Crippen MR) is 120 cm³/mol. The molecule has 2 aromatic heterocycles. The number of halogens is 7. The summed E-state index contributed by atoms with van der Waals surface area (Å²) < 4.78 is 75.9. The summed E-state index contributed by atoms with van der Waals surface area (Å²) in [7, 11) is 0. The molecule has 0 aliphatic heterocycles. The molecule has 0 saturated carbocycles. The minimum atomic E-state index is -4.59. The number of carbonyl (C=O) groups is 2. The van der Waals surface area contributed by atoms with E-state index in [1.807, 2.05) is 0 Å². The lowest BCUT2D eigenvalue weighted by Gasteiger charge is -2.18. The number of Topliss-reactive ketones (excluding diaryl/α,β-unsaturated/α-hetero) is 2. The van der Waals surface area contributed by atoms with Crippen LogP contribution < -0.4 is 0 Å². The van der Waals surface area contributed by atoms with Crippen LogP contribution in [0.2, 0.25) is 0 Å². The van der Waals surface area contributed by atoms with Crippen molar-refractivity contribution in [3.05, 3.63) is 46.6 Å². The number of rotatable bonds is 3. The molecule has 35 heavy (non-hydrogen) atoms. The van der Waals surface area contributed by atoms with E-state index in [-0.39, 0.29) is 28.4 Å². The van der Waals surface area contributed by atoms with Crippen molar-refractivity contribution in [2.24, 2.45) is 0 Å². The number of aromatic nitrogens is 4. The van der Waals surface area contributed by atoms with Crippen molar-refractivity contribution in [1.29, 1.82) is 0 Å². The molecule has 0 N–H and O–H groups in total. The number of hydrogen-bond acceptors (Lipinski definition) is 6. The van der Waals surface area contributed by atoms with Gasteiger partial charge in [-0.3, -0.25) is 9.59 Å². The Labute approximate surface area is 207 Å². The Morgan fingerprint density at radius 2 is 1.06 bits per heavy atom. The molecule has 2 rings (SSSR count). The molecule has 0 aliphatic rings. The highest BCUT2D eigenvalue weighted by atomic mass is 79.9. The molecule has 0 atom stereocenters. The van der Waals surface area contributed by atoms with Gasteiger partial charge in [0.2, 0.25) is 0 Å². The van der Waals surface area contributed by atoms with Crippen molar-refractivity contribution in [1.82, 2.24) is 19.9 Å². The first-order chi connectivity index (χ1) is 15.6. The number of hydrogen-bond donors (Lipinski definition) is 0. The standard InChI is InChI=1S/C11H12BrF3N2O.C11H13F3N2O/c1-10(2,3)9-16-6(7(18)5-12)4-8(17-9)11(13,14)15;1-6(17)7-5-8(11(12,13)14)16-9(15-7)10(2,3)4/h4H,5H2,1-3H3;5H,1-4H3. The summed E-state index contributed by atoms with van der Waals surface area (Å²) in [5.41, 5.74) is -3.92. The van der Waals surface area contributed by atoms with Gasteiger partial charge in [0.05, 0.1) is 5.33 Å². The molecule has 0 aliphatic carbocycles. The Kier molecular flexibility index (Phi) is 9.33. The van der Waals surface area contributed by atoms with Crippen LogP contribution in [-0.4, -0.2) is 36.8 Å². The molecular weight excluding hydrogens is 546 g/mol. The van der Waals surface area contributed by atoms with E-state index in [0.29, 0.717) is 12.1 Å². The second-order valence-electron chi connectivity index (χ2n) is 9.53. The summed E-state index contributed by atoms with van der Waals surface area (Å²) in [6, 6.07) is 1.36. The molecule has 194 valence electrons. The number of ketones is 2. The van der Waals surface area contributed by atoms with E-state index in [1.165, 1.54) is 6.92 Å². The fourth-order valence-electron chi connectivity index (χ4n) is 2.25. The summed E-state index contributed by atoms with van der Waals surface area (Å²) in [5.74, 6) is -1.00. The third-order valence-electron chi connectivity index (χ3n) is 4.14. The Bertz CT molecular complexity index is 1020. The first kappa shape index (κ1) is 30.6. The lowest BCUT2D eigenvalue weighted by Crippen LogP contribution is -2.22. The topological polar surface area (TPSA) is 85.7 Å². The molecule has 0 radical (unpaired) electrons. The second kappa shape index (κ2) is 10.7. The molecule has 13 heteroatoms. The summed E-state index contributed by atoms with van der Waals surface area (Å²) in [6.45, 7) is 11.3. The van der Waals surface area contributed by atoms with Crippen molar-refractivity contribution in [2.75, 3.05) is 5.33 Å². The molecule has 0 fully saturated rings. The maximum Gasteiger partial charge on any atom is 0.433 e. The lowest BCUT2D eigenvalue weighted by atomic mass is 9.95. The Balaban J connectivity index is 0.000000351. The Morgan fingerprint density at radius 3 is 1.34 bits per heavy atom. The van der Waals surface area contributed by atoms with Gasteiger partial charge in [0.1, 0.15) is 34.4 Å². The van der Waals surface area contributed by atoms with Crippen molar-refractivity contribution in [3.63, 3.8) is 0 Å². The molecule has 6 nitrogen and oxygen atoms in total. The van der Waals surface area contributed by atoms with Crippen molar-refractivity contribution >= 4 is 27.5 Å². The summed E-state index contributed by atoms with van der Waals surface area (Å²) in [6.07, 6.45) is -9.17. The zero-order chi connectivity index (χ0) is 27.6. The monoisotopic (exact) mass is 570 g/mol. The van der Waals surface area contributed by atoms with E-state index in [9.17, 15) is 35.9 Å². The number of alkyl halides is 7. The lowest BCUT2D eigenvalue weighted by molar-refractivity contribution is -0.142. The maximum atomic E-state index is 12.7. The molecule has 0 amide bonds. The van der Waals surface area contributed by atoms with E-state index in [1.54, 1.807) is 41.5 Å². The first-order valence-electron chi connectivity index (χ1n) is 10.1. The van der Waals surface area contributed by atoms with Crippen LogP contribution in [-0.2, 0) is 23.2 Å². The maximum absolute atomic E-state index is 12.7. The van der Waals surface area contributed by atoms with Gasteiger partial charge in [-0.25, -0.2) is 19.9 Å². The molecule has 0 aromatic carbocycles. The van der Waals surface area contributed by atoms with Crippen LogP contribution >= 0.6 is 15.9 Å². The van der Waals surface area contributed by atoms with Gasteiger partial charge in [-0.1, -0.05) is 57.5 Å². The summed E-state index contributed by atoms with van der Waals surface area (Å²) in [4.78, 5) is 37.3. The van der Waals surface area contributed by atoms with Gasteiger partial charge in [0.15, 0.2) is 11.6 Å². The highest BCUT2D eigenvalue weighted by molar-refractivity contribution is 9.09. The van der Waals surface area contributed by atoms with Gasteiger partial charge in [0, 0.05) is 17.8 Å². The van der Waals surface area contributed by atoms with Crippen LogP contribution in [0.5, 0.6) is 0 Å². The highest BCUT2D eigenvalue weighted by Crippen LogP contribution is 2.31. The SMILES string of the molecule is CC(=O)c1cc(C(F)(F)F)nc(C(C)(C)C)n1.CC(C)(C)c1nc(C(=O)CBr)cc(C(F)(F)F)n1. The van der Waals surface area contributed by atoms with E-state index >= 15 is 0 Å². The fourth-order valence-corrected chi connectivity index (χ4v) is 2.53. The molecule has 0 bridgehead atoms. The first-order valence-corrected chi connectivity index (χ1v) is 11.2. The molecule has 2 heterocycles. The van der Waals surface area contributed by atoms with Gasteiger partial charge in [0.25, 0.3) is 0 Å². The minimum Gasteiger partial charge on any atom is -0.293 e. The van der Waals surface area contributed by atoms with Gasteiger partial charge in [-0.05, 0) is 12.1 Å². The summed E-state index contributed by atoms with van der Waals surface area (Å²) in [5, 5.41) is -0.0785. The molecule has 0 saturated heterocycles. The average molecular weight is 571 g/mol. The van der Waals surface area contributed by atoms with E-state index in [4.69, 9.17) is 0 Å². The van der Waals surface area contributed by atoms with Crippen molar-refractivity contribution < 1.29 is 35.9 Å². The van der Waals surface area contributed by atoms with E-state index < -0.39 is 46.1 Å². The molecule has 0 unspecified atom stereocenters. The fraction of sp³-hybridized carbons (Fsp3) is 0.545. The van der Waals surface area contributed by atoms with Gasteiger partial charge >= 0.3 is 12.4 Å². The van der Waals surface area contributed by atoms with Gasteiger partial charge in [-0.15, -0.1) is 0 Å². The Hall–Kier alpha value is -2.44. The van der Waals surface area contributed by atoms with Crippen molar-refractivity contribution in [2.45, 2.75) is 71.6 Å². The normalized spacial score (nSPS) is 12.6. The number of nitrogens with zero attached hydrogens (tertiary/aromatic N) is 4. The zero-order valence-electron chi connectivity index (χ0n) is 20.1. The smallest absolute Gasteiger partial charge is 0.293 e. The Morgan fingerprint density at radius 1 is 0.714 bits per heavy atom. The van der Waals surface area contributed by atoms with Crippen LogP contribution in [0.15, 0.2) is 12.1 Å². The van der Waals surface area contributed by atoms with Crippen LogP contribution in [0, 0.1) is 0 Å². The third-order valence-corrected chi connectivity index (χ3v) is 4.65. The highest BCUT2D eigenvalue weighted by Gasteiger charge is 2.36. The van der Waals surface area contributed by atoms with Crippen molar-refractivity contribution in [3.8, 4) is 0 Å². The molecular formula is C22H25BrF6N4O2. The van der Waals surface area contributed by atoms with Crippen LogP contribution in [0.4, 0.5) is 26.3 Å². The summed E-state index contributed by atoms with van der Waals surface area (Å²) >= 11 is 2.91. The quantitative estimate of drug-likeness (QED) is 0.242. The zero-order valence-corrected chi connectivity index (χ0v) is 21.7. The van der Waals surface area contributed by atoms with Crippen LogP contribution in [0.3, 0.4) is 0 Å². The van der Waals surface area contributed by atoms with Crippen LogP contribution in [0.25, 0.3) is 0 Å². The number of carbonyl (C=O) groups excluding carboxylic acids is 2. The third kappa shape index (κ3) is 8.93. The second-order valence-corrected chi connectivity index (χ2v) is 10.1. The van der Waals surface area contributed by atoms with E-state index in [2.05, 4.69) is 35.9 Å². The van der Waals surface area contributed by atoms with Crippen LogP contribution in [0.1, 0.15) is 92.5 Å². The van der Waals surface area contributed by atoms with Gasteiger partial charge < -0.3 is 0 Å². The predicted octanol–water partition coefficient (Wildman–Crippen LogP) is 6.37. The van der Waals surface area contributed by atoms with Gasteiger partial charge in [-0.2, -0.15) is 26.3 Å².